The number of carboxylic acid groups (broad SMARTS) is 1. The molecule has 16 nitrogen and oxygen atoms in total. The van der Waals surface area contributed by atoms with Crippen LogP contribution in [0.2, 0.25) is 0 Å². The lowest BCUT2D eigenvalue weighted by atomic mass is 10.0. The summed E-state index contributed by atoms with van der Waals surface area (Å²) < 4.78 is 6.67. The van der Waals surface area contributed by atoms with Crippen LogP contribution in [0.15, 0.2) is 58.0 Å². The van der Waals surface area contributed by atoms with E-state index in [9.17, 15) is 29.1 Å². The lowest BCUT2D eigenvalue weighted by Gasteiger charge is -2.49. The molecule has 4 heterocycles. The number of amides is 3. The van der Waals surface area contributed by atoms with Gasteiger partial charge in [0.1, 0.15) is 17.1 Å². The van der Waals surface area contributed by atoms with Gasteiger partial charge >= 0.3 is 5.97 Å². The number of hydrogen-bond acceptors (Lipinski definition) is 12. The van der Waals surface area contributed by atoms with Gasteiger partial charge in [-0.3, -0.25) is 24.1 Å². The van der Waals surface area contributed by atoms with Crippen LogP contribution < -0.4 is 20.9 Å². The lowest BCUT2D eigenvalue weighted by Crippen LogP contribution is -2.70. The van der Waals surface area contributed by atoms with E-state index in [1.54, 1.807) is 31.3 Å². The summed E-state index contributed by atoms with van der Waals surface area (Å²) in [6.45, 7) is -0.462. The van der Waals surface area contributed by atoms with Gasteiger partial charge in [-0.05, 0) is 27.6 Å². The summed E-state index contributed by atoms with van der Waals surface area (Å²) in [7, 11) is 1.67. The number of H-pyrrole nitrogens is 1. The maximum atomic E-state index is 13.0. The molecule has 4 N–H and O–H groups in total. The number of benzene rings is 1. The van der Waals surface area contributed by atoms with Crippen molar-refractivity contribution in [1.82, 2.24) is 40.4 Å². The van der Waals surface area contributed by atoms with Crippen molar-refractivity contribution in [2.24, 2.45) is 7.05 Å². The van der Waals surface area contributed by atoms with Gasteiger partial charge in [-0.25, -0.2) is 14.5 Å². The highest BCUT2D eigenvalue weighted by Gasteiger charge is 2.54. The Balaban J connectivity index is 1.19. The van der Waals surface area contributed by atoms with Gasteiger partial charge in [0, 0.05) is 24.2 Å². The van der Waals surface area contributed by atoms with Crippen molar-refractivity contribution in [3.63, 3.8) is 0 Å². The summed E-state index contributed by atoms with van der Waals surface area (Å²) in [6.07, 6.45) is 2.22. The van der Waals surface area contributed by atoms with Crippen LogP contribution in [0.3, 0.4) is 0 Å². The fourth-order valence-corrected chi connectivity index (χ4v) is 6.58. The average Bonchev–Trinajstić information content (AvgIpc) is 3.39. The summed E-state index contributed by atoms with van der Waals surface area (Å²) in [6, 6.07) is 5.71. The third kappa shape index (κ3) is 6.13. The summed E-state index contributed by atoms with van der Waals surface area (Å²) in [5, 5.41) is 26.3. The number of hydrogen-bond donors (Lipinski definition) is 4. The molecule has 3 aromatic rings. The van der Waals surface area contributed by atoms with Crippen LogP contribution in [-0.4, -0.2) is 93.4 Å². The van der Waals surface area contributed by atoms with Gasteiger partial charge in [-0.2, -0.15) is 0 Å². The van der Waals surface area contributed by atoms with E-state index in [2.05, 4.69) is 36.1 Å². The van der Waals surface area contributed by atoms with E-state index in [0.29, 0.717) is 27.7 Å². The van der Waals surface area contributed by atoms with Crippen molar-refractivity contribution in [2.45, 2.75) is 23.0 Å². The Morgan fingerprint density at radius 3 is 2.79 bits per heavy atom. The number of aromatic amines is 1. The number of nitrogens with one attached hydrogen (secondary N) is 3. The third-order valence-electron chi connectivity index (χ3n) is 6.21. The zero-order chi connectivity index (χ0) is 29.8. The largest absolute Gasteiger partial charge is 0.477 e. The number of ether oxygens (including phenoxy) is 1. The van der Waals surface area contributed by atoms with Crippen molar-refractivity contribution >= 4 is 52.9 Å². The normalized spacial score (nSPS) is 17.7. The third-order valence-corrected chi connectivity index (χ3v) is 8.65. The number of aliphatic carboxylic acids is 1. The Bertz CT molecular complexity index is 1640. The summed E-state index contributed by atoms with van der Waals surface area (Å²) in [5.41, 5.74) is 0.755. The fourth-order valence-electron chi connectivity index (χ4n) is 4.25. The van der Waals surface area contributed by atoms with E-state index in [0.717, 1.165) is 0 Å². The quantitative estimate of drug-likeness (QED) is 0.157. The predicted octanol–water partition coefficient (Wildman–Crippen LogP) is -0.616. The van der Waals surface area contributed by atoms with E-state index in [4.69, 9.17) is 4.74 Å². The molecular weight excluding hydrogens is 590 g/mol. The van der Waals surface area contributed by atoms with Gasteiger partial charge in [0.2, 0.25) is 16.8 Å². The first-order chi connectivity index (χ1) is 20.2. The van der Waals surface area contributed by atoms with Gasteiger partial charge in [-0.15, -0.1) is 16.9 Å². The number of thioether (sulfide) groups is 2. The molecule has 1 aromatic carbocycles. The van der Waals surface area contributed by atoms with Crippen LogP contribution in [0.4, 0.5) is 5.69 Å². The molecule has 3 amide bonds. The van der Waals surface area contributed by atoms with Gasteiger partial charge in [-0.1, -0.05) is 30.0 Å². The number of aromatic nitrogens is 6. The van der Waals surface area contributed by atoms with E-state index in [1.807, 2.05) is 0 Å². The minimum atomic E-state index is -1.23. The number of fused-ring (bicyclic) bond motifs is 1. The molecular formula is C24H23N9O7S2. The highest BCUT2D eigenvalue weighted by Crippen LogP contribution is 2.41. The predicted molar refractivity (Wildman–Crippen MR) is 148 cm³/mol. The van der Waals surface area contributed by atoms with Crippen LogP contribution in [0.5, 0.6) is 5.75 Å². The summed E-state index contributed by atoms with van der Waals surface area (Å²) >= 11 is 2.62. The second-order valence-corrected chi connectivity index (χ2v) is 11.0. The number of para-hydroxylation sites is 1. The van der Waals surface area contributed by atoms with Crippen molar-refractivity contribution in [3.8, 4) is 5.75 Å². The molecule has 0 aliphatic carbocycles. The molecule has 2 aromatic heterocycles. The molecule has 0 saturated carbocycles. The number of aryl methyl sites for hydroxylation is 1. The molecule has 18 heteroatoms. The van der Waals surface area contributed by atoms with Crippen LogP contribution >= 0.6 is 23.5 Å². The molecule has 2 aliphatic heterocycles. The van der Waals surface area contributed by atoms with Crippen LogP contribution in [0, 0.1) is 0 Å². The molecule has 5 rings (SSSR count). The Kier molecular flexibility index (Phi) is 8.53. The minimum absolute atomic E-state index is 0.0968. The zero-order valence-corrected chi connectivity index (χ0v) is 23.5. The standard InChI is InChI=1S/C24H23N9O7S2/c1-32-24(29-30-31-32)42-10-13-9-41-22-18(21(37)33(22)19(13)23(38)39)28-16(34)6-12-4-2-3-5-14(12)27-17(35)8-40-15-7-25-11-26-20(15)36/h2-5,7,11,18,22H,6,8-10H2,1H3,(H,27,35)(H,28,34)(H,38,39)(H,25,26,36)/t18?,22-/m0/s1. The highest BCUT2D eigenvalue weighted by atomic mass is 32.2. The van der Waals surface area contributed by atoms with Crippen molar-refractivity contribution in [1.29, 1.82) is 0 Å². The highest BCUT2D eigenvalue weighted by molar-refractivity contribution is 8.01. The molecule has 0 bridgehead atoms. The Morgan fingerprint density at radius 1 is 1.24 bits per heavy atom. The van der Waals surface area contributed by atoms with Crippen LogP contribution in [0.25, 0.3) is 0 Å². The van der Waals surface area contributed by atoms with E-state index >= 15 is 0 Å². The van der Waals surface area contributed by atoms with E-state index in [1.165, 1.54) is 45.6 Å². The van der Waals surface area contributed by atoms with Crippen molar-refractivity contribution < 1.29 is 29.0 Å². The van der Waals surface area contributed by atoms with Gasteiger partial charge in [0.15, 0.2) is 6.61 Å². The van der Waals surface area contributed by atoms with Gasteiger partial charge in [0.05, 0.1) is 18.9 Å². The molecule has 2 atom stereocenters. The molecule has 0 spiro atoms. The molecule has 1 unspecified atom stereocenters. The molecule has 1 fully saturated rings. The second kappa shape index (κ2) is 12.4. The van der Waals surface area contributed by atoms with Gasteiger partial charge < -0.3 is 25.5 Å². The monoisotopic (exact) mass is 613 g/mol. The molecule has 0 radical (unpaired) electrons. The number of anilines is 1. The fraction of sp³-hybridized carbons (Fsp3) is 0.292. The van der Waals surface area contributed by atoms with Crippen LogP contribution in [-0.2, 0) is 32.6 Å². The first kappa shape index (κ1) is 28.8. The number of carboxylic acids is 1. The zero-order valence-electron chi connectivity index (χ0n) is 21.8. The molecule has 1 saturated heterocycles. The summed E-state index contributed by atoms with van der Waals surface area (Å²) in [5.74, 6) is -2.28. The molecule has 2 aliphatic rings. The Hall–Kier alpha value is -4.71. The van der Waals surface area contributed by atoms with E-state index in [-0.39, 0.29) is 23.6 Å². The topological polar surface area (TPSA) is 214 Å². The van der Waals surface area contributed by atoms with Gasteiger partial charge in [0.25, 0.3) is 17.4 Å². The Morgan fingerprint density at radius 2 is 2.05 bits per heavy atom. The smallest absolute Gasteiger partial charge is 0.352 e. The van der Waals surface area contributed by atoms with Crippen LogP contribution in [0.1, 0.15) is 5.56 Å². The second-order valence-electron chi connectivity index (χ2n) is 9.00. The SMILES string of the molecule is Cn1nnnc1SCC1=C(C(=O)O)N2C(=O)C(NC(=O)Cc3ccccc3NC(=O)COc3cnc[nH]c3=O)[C@@H]2SC1. The molecule has 42 heavy (non-hydrogen) atoms. The number of rotatable bonds is 11. The first-order valence-corrected chi connectivity index (χ1v) is 14.3. The number of tetrazole rings is 1. The number of β-lactam (4-membered cyclic amide) rings is 1. The Labute approximate surface area is 245 Å². The maximum Gasteiger partial charge on any atom is 0.352 e. The maximum absolute atomic E-state index is 13.0. The average molecular weight is 614 g/mol. The number of nitrogens with zero attached hydrogens (tertiary/aromatic N) is 6. The van der Waals surface area contributed by atoms with E-state index < -0.39 is 47.3 Å². The lowest BCUT2D eigenvalue weighted by molar-refractivity contribution is -0.150. The first-order valence-electron chi connectivity index (χ1n) is 12.3. The summed E-state index contributed by atoms with van der Waals surface area (Å²) in [4.78, 5) is 69.4. The number of carbonyl (C=O) groups is 4. The van der Waals surface area contributed by atoms with Crippen molar-refractivity contribution in [3.05, 3.63) is 64.0 Å². The minimum Gasteiger partial charge on any atom is -0.477 e. The number of carbonyl (C=O) groups excluding carboxylic acids is 3. The molecule has 218 valence electrons. The van der Waals surface area contributed by atoms with Crippen molar-refractivity contribution in [2.75, 3.05) is 23.4 Å².